The molecule has 0 amide bonds. The Kier molecular flexibility index (Phi) is 5.79. The molecular weight excluding hydrogens is 316 g/mol. The highest BCUT2D eigenvalue weighted by molar-refractivity contribution is 5.58. The summed E-state index contributed by atoms with van der Waals surface area (Å²) in [5.41, 5.74) is 2.03. The smallest absolute Gasteiger partial charge is 0.142 e. The molecule has 5 nitrogen and oxygen atoms in total. The lowest BCUT2D eigenvalue weighted by atomic mass is 10.1. The molecule has 1 saturated heterocycles. The highest BCUT2D eigenvalue weighted by atomic mass is 16.5. The molecule has 0 aliphatic carbocycles. The summed E-state index contributed by atoms with van der Waals surface area (Å²) in [6.07, 6.45) is -0.507. The van der Waals surface area contributed by atoms with Gasteiger partial charge in [-0.05, 0) is 29.8 Å². The van der Waals surface area contributed by atoms with Crippen LogP contribution >= 0.6 is 0 Å². The van der Waals surface area contributed by atoms with Crippen molar-refractivity contribution in [1.82, 2.24) is 4.90 Å². The van der Waals surface area contributed by atoms with E-state index in [0.29, 0.717) is 6.54 Å². The highest BCUT2D eigenvalue weighted by Crippen LogP contribution is 2.28. The van der Waals surface area contributed by atoms with Gasteiger partial charge in [-0.25, -0.2) is 0 Å². The fourth-order valence-electron chi connectivity index (χ4n) is 3.26. The van der Waals surface area contributed by atoms with E-state index in [1.165, 1.54) is 0 Å². The largest absolute Gasteiger partial charge is 0.497 e. The van der Waals surface area contributed by atoms with Crippen molar-refractivity contribution in [1.29, 1.82) is 0 Å². The molecule has 0 radical (unpaired) electrons. The van der Waals surface area contributed by atoms with Gasteiger partial charge in [-0.2, -0.15) is 0 Å². The zero-order valence-electron chi connectivity index (χ0n) is 14.9. The number of hydrogen-bond acceptors (Lipinski definition) is 5. The number of para-hydroxylation sites is 2. The number of nitrogens with zero attached hydrogens (tertiary/aromatic N) is 2. The maximum atomic E-state index is 10.5. The standard InChI is InChI=1S/C20H26N2O3/c1-24-17-7-5-6-16(14-17)19(23)15-21-10-12-22(13-11-21)18-8-3-4-9-20(18)25-2/h3-9,14,19,23H,10-13,15H2,1-2H3/t19-/m1/s1. The minimum Gasteiger partial charge on any atom is -0.497 e. The predicted octanol–water partition coefficient (Wildman–Crippen LogP) is 2.56. The lowest BCUT2D eigenvalue weighted by Crippen LogP contribution is -2.47. The van der Waals surface area contributed by atoms with Crippen LogP contribution in [0.25, 0.3) is 0 Å². The lowest BCUT2D eigenvalue weighted by molar-refractivity contribution is 0.109. The van der Waals surface area contributed by atoms with Crippen LogP contribution in [0.5, 0.6) is 11.5 Å². The first-order valence-electron chi connectivity index (χ1n) is 8.63. The van der Waals surface area contributed by atoms with Crippen molar-refractivity contribution in [2.45, 2.75) is 6.10 Å². The van der Waals surface area contributed by atoms with E-state index in [0.717, 1.165) is 48.9 Å². The summed E-state index contributed by atoms with van der Waals surface area (Å²) in [5.74, 6) is 1.69. The van der Waals surface area contributed by atoms with Gasteiger partial charge >= 0.3 is 0 Å². The van der Waals surface area contributed by atoms with Crippen LogP contribution in [0.4, 0.5) is 5.69 Å². The molecule has 1 fully saturated rings. The number of β-amino-alcohol motifs (C(OH)–C–C–N with tert-alkyl or cyclic N) is 1. The molecule has 0 aromatic heterocycles. The predicted molar refractivity (Wildman–Crippen MR) is 99.6 cm³/mol. The van der Waals surface area contributed by atoms with Crippen molar-refractivity contribution < 1.29 is 14.6 Å². The van der Waals surface area contributed by atoms with E-state index < -0.39 is 6.10 Å². The second-order valence-corrected chi connectivity index (χ2v) is 6.25. The molecule has 1 N–H and O–H groups in total. The number of aliphatic hydroxyl groups excluding tert-OH is 1. The summed E-state index contributed by atoms with van der Waals surface area (Å²) in [6.45, 7) is 4.31. The molecule has 1 aliphatic rings. The van der Waals surface area contributed by atoms with Crippen LogP contribution < -0.4 is 14.4 Å². The molecule has 0 unspecified atom stereocenters. The third kappa shape index (κ3) is 4.24. The average molecular weight is 342 g/mol. The molecule has 0 saturated carbocycles. The quantitative estimate of drug-likeness (QED) is 0.874. The fraction of sp³-hybridized carbons (Fsp3) is 0.400. The lowest BCUT2D eigenvalue weighted by Gasteiger charge is -2.37. The fourth-order valence-corrected chi connectivity index (χ4v) is 3.26. The summed E-state index contributed by atoms with van der Waals surface area (Å²) in [4.78, 5) is 4.64. The maximum absolute atomic E-state index is 10.5. The SMILES string of the molecule is COc1cccc([C@H](O)CN2CCN(c3ccccc3OC)CC2)c1. The van der Waals surface area contributed by atoms with Crippen molar-refractivity contribution in [2.24, 2.45) is 0 Å². The zero-order chi connectivity index (χ0) is 17.6. The molecule has 2 aromatic carbocycles. The summed E-state index contributed by atoms with van der Waals surface area (Å²) in [7, 11) is 3.35. The average Bonchev–Trinajstić information content (AvgIpc) is 2.68. The van der Waals surface area contributed by atoms with E-state index in [1.807, 2.05) is 42.5 Å². The van der Waals surface area contributed by atoms with Crippen LogP contribution in [0.15, 0.2) is 48.5 Å². The topological polar surface area (TPSA) is 45.2 Å². The first-order valence-corrected chi connectivity index (χ1v) is 8.63. The van der Waals surface area contributed by atoms with Crippen molar-refractivity contribution in [3.8, 4) is 11.5 Å². The van der Waals surface area contributed by atoms with Crippen LogP contribution in [0.3, 0.4) is 0 Å². The van der Waals surface area contributed by atoms with Gasteiger partial charge in [0, 0.05) is 32.7 Å². The van der Waals surface area contributed by atoms with Crippen LogP contribution in [-0.2, 0) is 0 Å². The second kappa shape index (κ2) is 8.23. The number of benzene rings is 2. The third-order valence-electron chi connectivity index (χ3n) is 4.71. The van der Waals surface area contributed by atoms with Gasteiger partial charge in [0.2, 0.25) is 0 Å². The summed E-state index contributed by atoms with van der Waals surface area (Å²) >= 11 is 0. The monoisotopic (exact) mass is 342 g/mol. The summed E-state index contributed by atoms with van der Waals surface area (Å²) < 4.78 is 10.7. The number of rotatable bonds is 6. The van der Waals surface area contributed by atoms with Gasteiger partial charge < -0.3 is 19.5 Å². The third-order valence-corrected chi connectivity index (χ3v) is 4.71. The van der Waals surface area contributed by atoms with Gasteiger partial charge in [-0.1, -0.05) is 24.3 Å². The Morgan fingerprint density at radius 3 is 2.44 bits per heavy atom. The number of hydrogen-bond donors (Lipinski definition) is 1. The first kappa shape index (κ1) is 17.6. The van der Waals surface area contributed by atoms with Crippen LogP contribution in [0, 0.1) is 0 Å². The van der Waals surface area contributed by atoms with E-state index in [9.17, 15) is 5.11 Å². The molecule has 1 aliphatic heterocycles. The number of methoxy groups -OCH3 is 2. The summed E-state index contributed by atoms with van der Waals surface area (Å²) in [6, 6.07) is 15.8. The number of aliphatic hydroxyl groups is 1. The Morgan fingerprint density at radius 2 is 1.72 bits per heavy atom. The van der Waals surface area contributed by atoms with E-state index in [-0.39, 0.29) is 0 Å². The molecule has 25 heavy (non-hydrogen) atoms. The number of anilines is 1. The molecule has 5 heteroatoms. The molecule has 3 rings (SSSR count). The van der Waals surface area contributed by atoms with E-state index in [4.69, 9.17) is 9.47 Å². The minimum atomic E-state index is -0.507. The molecule has 1 atom stereocenters. The van der Waals surface area contributed by atoms with Gasteiger partial charge in [0.05, 0.1) is 26.0 Å². The van der Waals surface area contributed by atoms with Gasteiger partial charge in [0.25, 0.3) is 0 Å². The Balaban J connectivity index is 1.57. The minimum absolute atomic E-state index is 0.507. The number of ether oxygens (including phenoxy) is 2. The van der Waals surface area contributed by atoms with E-state index >= 15 is 0 Å². The van der Waals surface area contributed by atoms with Crippen molar-refractivity contribution in [2.75, 3.05) is 51.8 Å². The maximum Gasteiger partial charge on any atom is 0.142 e. The Labute approximate surface area is 149 Å². The van der Waals surface area contributed by atoms with Crippen molar-refractivity contribution in [3.05, 3.63) is 54.1 Å². The molecule has 2 aromatic rings. The second-order valence-electron chi connectivity index (χ2n) is 6.25. The Morgan fingerprint density at radius 1 is 0.960 bits per heavy atom. The van der Waals surface area contributed by atoms with E-state index in [2.05, 4.69) is 15.9 Å². The molecule has 0 bridgehead atoms. The van der Waals surface area contributed by atoms with Crippen molar-refractivity contribution in [3.63, 3.8) is 0 Å². The van der Waals surface area contributed by atoms with Crippen LogP contribution in [0.1, 0.15) is 11.7 Å². The number of piperazine rings is 1. The Hall–Kier alpha value is -2.24. The molecule has 134 valence electrons. The molecule has 0 spiro atoms. The van der Waals surface area contributed by atoms with Crippen molar-refractivity contribution >= 4 is 5.69 Å². The molecule has 1 heterocycles. The van der Waals surface area contributed by atoms with Crippen LogP contribution in [-0.4, -0.2) is 56.9 Å². The normalized spacial score (nSPS) is 16.5. The van der Waals surface area contributed by atoms with Gasteiger partial charge in [-0.3, -0.25) is 4.90 Å². The van der Waals surface area contributed by atoms with Gasteiger partial charge in [-0.15, -0.1) is 0 Å². The molecular formula is C20H26N2O3. The summed E-state index contributed by atoms with van der Waals surface area (Å²) in [5, 5.41) is 10.5. The zero-order valence-corrected chi connectivity index (χ0v) is 14.9. The Bertz CT molecular complexity index is 684. The highest BCUT2D eigenvalue weighted by Gasteiger charge is 2.21. The van der Waals surface area contributed by atoms with E-state index in [1.54, 1.807) is 14.2 Å². The van der Waals surface area contributed by atoms with Crippen LogP contribution in [0.2, 0.25) is 0 Å². The van der Waals surface area contributed by atoms with Gasteiger partial charge in [0.15, 0.2) is 0 Å². The van der Waals surface area contributed by atoms with Gasteiger partial charge in [0.1, 0.15) is 11.5 Å². The first-order chi connectivity index (χ1) is 12.2.